The molecule has 9 heteroatoms. The van der Waals surface area contributed by atoms with E-state index in [-0.39, 0.29) is 23.5 Å². The highest BCUT2D eigenvalue weighted by Gasteiger charge is 2.18. The lowest BCUT2D eigenvalue weighted by molar-refractivity contribution is -0.123. The molecule has 0 radical (unpaired) electrons. The number of hydrogen-bond donors (Lipinski definition) is 2. The third-order valence-electron chi connectivity index (χ3n) is 4.46. The van der Waals surface area contributed by atoms with Gasteiger partial charge in [-0.1, -0.05) is 11.6 Å². The lowest BCUT2D eigenvalue weighted by Gasteiger charge is -2.13. The highest BCUT2D eigenvalue weighted by molar-refractivity contribution is 7.92. The number of nitrogens with one attached hydrogen (secondary N) is 2. The van der Waals surface area contributed by atoms with Crippen LogP contribution in [0.15, 0.2) is 47.4 Å². The third-order valence-corrected chi connectivity index (χ3v) is 6.09. The standard InChI is InChI=1S/C20H23ClN2O5S/c1-14-11-18(29(25,26)23-16-6-4-15(21)5-7-16)8-9-19(14)28-13-20(24)22-12-17-3-2-10-27-17/h4-9,11,17,23H,2-3,10,12-13H2,1H3,(H,22,24)/t17-/m1/s1. The molecule has 1 aliphatic heterocycles. The minimum absolute atomic E-state index is 0.0679. The lowest BCUT2D eigenvalue weighted by Crippen LogP contribution is -2.35. The quantitative estimate of drug-likeness (QED) is 0.660. The largest absolute Gasteiger partial charge is 0.484 e. The van der Waals surface area contributed by atoms with Crippen molar-refractivity contribution in [1.82, 2.24) is 5.32 Å². The zero-order valence-corrected chi connectivity index (χ0v) is 17.6. The van der Waals surface area contributed by atoms with E-state index in [1.165, 1.54) is 12.1 Å². The fraction of sp³-hybridized carbons (Fsp3) is 0.350. The van der Waals surface area contributed by atoms with Crippen molar-refractivity contribution >= 4 is 33.2 Å². The van der Waals surface area contributed by atoms with E-state index in [9.17, 15) is 13.2 Å². The van der Waals surface area contributed by atoms with Gasteiger partial charge in [0.15, 0.2) is 6.61 Å². The van der Waals surface area contributed by atoms with Crippen molar-refractivity contribution in [3.8, 4) is 5.75 Å². The van der Waals surface area contributed by atoms with E-state index >= 15 is 0 Å². The molecule has 0 unspecified atom stereocenters. The summed E-state index contributed by atoms with van der Waals surface area (Å²) in [6.45, 7) is 2.77. The van der Waals surface area contributed by atoms with Gasteiger partial charge in [0.2, 0.25) is 0 Å². The van der Waals surface area contributed by atoms with Crippen LogP contribution in [-0.4, -0.2) is 40.2 Å². The summed E-state index contributed by atoms with van der Waals surface area (Å²) in [6, 6.07) is 10.8. The topological polar surface area (TPSA) is 93.7 Å². The molecule has 1 fully saturated rings. The zero-order chi connectivity index (χ0) is 20.9. The van der Waals surface area contributed by atoms with E-state index in [1.807, 2.05) is 0 Å². The second kappa shape index (κ2) is 9.47. The molecule has 0 spiro atoms. The van der Waals surface area contributed by atoms with Crippen molar-refractivity contribution in [2.45, 2.75) is 30.8 Å². The first-order chi connectivity index (χ1) is 13.8. The van der Waals surface area contributed by atoms with Crippen molar-refractivity contribution in [3.05, 3.63) is 53.1 Å². The fourth-order valence-corrected chi connectivity index (χ4v) is 4.18. The second-order valence-electron chi connectivity index (χ2n) is 6.77. The first-order valence-electron chi connectivity index (χ1n) is 9.23. The average Bonchev–Trinajstić information content (AvgIpc) is 3.20. The van der Waals surface area contributed by atoms with Gasteiger partial charge >= 0.3 is 0 Å². The molecule has 2 N–H and O–H groups in total. The van der Waals surface area contributed by atoms with Crippen LogP contribution in [0.1, 0.15) is 18.4 Å². The Morgan fingerprint density at radius 2 is 2.00 bits per heavy atom. The van der Waals surface area contributed by atoms with Crippen LogP contribution in [0.3, 0.4) is 0 Å². The Morgan fingerprint density at radius 1 is 1.24 bits per heavy atom. The number of hydrogen-bond acceptors (Lipinski definition) is 5. The maximum atomic E-state index is 12.6. The molecule has 1 saturated heterocycles. The van der Waals surface area contributed by atoms with Gasteiger partial charge in [-0.25, -0.2) is 8.42 Å². The van der Waals surface area contributed by atoms with E-state index in [0.29, 0.717) is 28.6 Å². The normalized spacial score (nSPS) is 16.4. The molecule has 0 aromatic heterocycles. The van der Waals surface area contributed by atoms with Gasteiger partial charge in [-0.15, -0.1) is 0 Å². The molecule has 7 nitrogen and oxygen atoms in total. The maximum Gasteiger partial charge on any atom is 0.261 e. The van der Waals surface area contributed by atoms with Crippen LogP contribution in [0.2, 0.25) is 5.02 Å². The summed E-state index contributed by atoms with van der Waals surface area (Å²) in [5.41, 5.74) is 1.02. The smallest absolute Gasteiger partial charge is 0.261 e. The molecule has 0 bridgehead atoms. The Labute approximate surface area is 175 Å². The van der Waals surface area contributed by atoms with Gasteiger partial charge in [-0.2, -0.15) is 0 Å². The van der Waals surface area contributed by atoms with Gasteiger partial charge in [0.1, 0.15) is 5.75 Å². The molecule has 156 valence electrons. The van der Waals surface area contributed by atoms with Gasteiger partial charge in [-0.05, 0) is 67.8 Å². The van der Waals surface area contributed by atoms with Crippen molar-refractivity contribution in [3.63, 3.8) is 0 Å². The number of benzene rings is 2. The molecule has 1 amide bonds. The van der Waals surface area contributed by atoms with Crippen LogP contribution in [0.5, 0.6) is 5.75 Å². The minimum Gasteiger partial charge on any atom is -0.484 e. The number of amides is 1. The summed E-state index contributed by atoms with van der Waals surface area (Å²) >= 11 is 5.82. The fourth-order valence-electron chi connectivity index (χ4n) is 2.91. The Morgan fingerprint density at radius 3 is 2.66 bits per heavy atom. The van der Waals surface area contributed by atoms with Crippen LogP contribution >= 0.6 is 11.6 Å². The van der Waals surface area contributed by atoms with Gasteiger partial charge in [0.25, 0.3) is 15.9 Å². The van der Waals surface area contributed by atoms with Gasteiger partial charge < -0.3 is 14.8 Å². The summed E-state index contributed by atoms with van der Waals surface area (Å²) < 4.78 is 38.6. The van der Waals surface area contributed by atoms with Crippen LogP contribution in [0, 0.1) is 6.92 Å². The van der Waals surface area contributed by atoms with E-state index in [1.54, 1.807) is 37.3 Å². The molecule has 0 aliphatic carbocycles. The molecule has 0 saturated carbocycles. The Hall–Kier alpha value is -2.29. The van der Waals surface area contributed by atoms with Crippen LogP contribution in [0.4, 0.5) is 5.69 Å². The number of rotatable bonds is 8. The number of aryl methyl sites for hydroxylation is 1. The summed E-state index contributed by atoms with van der Waals surface area (Å²) in [7, 11) is -3.76. The number of ether oxygens (including phenoxy) is 2. The maximum absolute atomic E-state index is 12.6. The van der Waals surface area contributed by atoms with Crippen LogP contribution in [-0.2, 0) is 19.6 Å². The highest BCUT2D eigenvalue weighted by atomic mass is 35.5. The molecule has 29 heavy (non-hydrogen) atoms. The SMILES string of the molecule is Cc1cc(S(=O)(=O)Nc2ccc(Cl)cc2)ccc1OCC(=O)NC[C@H]1CCCO1. The summed E-state index contributed by atoms with van der Waals surface area (Å²) in [5, 5.41) is 3.30. The molecule has 1 atom stereocenters. The van der Waals surface area contributed by atoms with E-state index in [2.05, 4.69) is 10.0 Å². The first kappa shape index (κ1) is 21.4. The zero-order valence-electron chi connectivity index (χ0n) is 16.0. The average molecular weight is 439 g/mol. The molecule has 3 rings (SSSR count). The summed E-state index contributed by atoms with van der Waals surface area (Å²) in [4.78, 5) is 12.0. The van der Waals surface area contributed by atoms with Gasteiger partial charge in [0.05, 0.1) is 11.0 Å². The van der Waals surface area contributed by atoms with Crippen molar-refractivity contribution in [2.24, 2.45) is 0 Å². The number of halogens is 1. The van der Waals surface area contributed by atoms with E-state index in [4.69, 9.17) is 21.1 Å². The van der Waals surface area contributed by atoms with Gasteiger partial charge in [0, 0.05) is 23.9 Å². The first-order valence-corrected chi connectivity index (χ1v) is 11.1. The molecular weight excluding hydrogens is 416 g/mol. The summed E-state index contributed by atoms with van der Waals surface area (Å²) in [6.07, 6.45) is 2.02. The lowest BCUT2D eigenvalue weighted by atomic mass is 10.2. The number of carbonyl (C=O) groups is 1. The van der Waals surface area contributed by atoms with Gasteiger partial charge in [-0.3, -0.25) is 9.52 Å². The number of carbonyl (C=O) groups excluding carboxylic acids is 1. The highest BCUT2D eigenvalue weighted by Crippen LogP contribution is 2.24. The second-order valence-corrected chi connectivity index (χ2v) is 8.89. The summed E-state index contributed by atoms with van der Waals surface area (Å²) in [5.74, 6) is 0.198. The number of anilines is 1. The van der Waals surface area contributed by atoms with Crippen LogP contribution in [0.25, 0.3) is 0 Å². The molecule has 2 aromatic rings. The van der Waals surface area contributed by atoms with Crippen molar-refractivity contribution in [1.29, 1.82) is 0 Å². The monoisotopic (exact) mass is 438 g/mol. The Bertz CT molecular complexity index is 957. The molecular formula is C20H23ClN2O5S. The number of sulfonamides is 1. The molecule has 2 aromatic carbocycles. The van der Waals surface area contributed by atoms with Crippen LogP contribution < -0.4 is 14.8 Å². The molecule has 1 aliphatic rings. The Balaban J connectivity index is 1.57. The van der Waals surface area contributed by atoms with Crippen molar-refractivity contribution < 1.29 is 22.7 Å². The predicted molar refractivity (Wildman–Crippen MR) is 111 cm³/mol. The van der Waals surface area contributed by atoms with E-state index < -0.39 is 10.0 Å². The minimum atomic E-state index is -3.76. The van der Waals surface area contributed by atoms with Crippen molar-refractivity contribution in [2.75, 3.05) is 24.5 Å². The molecule has 1 heterocycles. The predicted octanol–water partition coefficient (Wildman–Crippen LogP) is 3.12. The Kier molecular flexibility index (Phi) is 7.00. The third kappa shape index (κ3) is 6.09. The van der Waals surface area contributed by atoms with E-state index in [0.717, 1.165) is 19.4 Å².